The predicted molar refractivity (Wildman–Crippen MR) is 96.0 cm³/mol. The molecular formula is C18H32N2O6. The van der Waals surface area contributed by atoms with E-state index in [-0.39, 0.29) is 30.3 Å². The van der Waals surface area contributed by atoms with Crippen LogP contribution in [0, 0.1) is 11.8 Å². The van der Waals surface area contributed by atoms with Gasteiger partial charge in [-0.2, -0.15) is 0 Å². The minimum absolute atomic E-state index is 0.0581. The number of amides is 2. The Labute approximate surface area is 155 Å². The molecule has 0 saturated carbocycles. The molecule has 8 nitrogen and oxygen atoms in total. The van der Waals surface area contributed by atoms with Crippen molar-refractivity contribution >= 4 is 23.8 Å². The molecule has 3 atom stereocenters. The summed E-state index contributed by atoms with van der Waals surface area (Å²) < 4.78 is 10.5. The molecule has 0 aliphatic rings. The Morgan fingerprint density at radius 2 is 1.19 bits per heavy atom. The Balaban J connectivity index is 4.46. The molecule has 0 aliphatic heterocycles. The van der Waals surface area contributed by atoms with E-state index in [1.54, 1.807) is 20.8 Å². The molecule has 26 heavy (non-hydrogen) atoms. The van der Waals surface area contributed by atoms with E-state index < -0.39 is 30.1 Å². The van der Waals surface area contributed by atoms with Gasteiger partial charge in [-0.3, -0.25) is 9.59 Å². The quantitative estimate of drug-likeness (QED) is 0.557. The lowest BCUT2D eigenvalue weighted by molar-refractivity contribution is -0.156. The van der Waals surface area contributed by atoms with E-state index in [9.17, 15) is 19.2 Å². The molecule has 0 bridgehead atoms. The number of carbonyl (C=O) groups is 4. The fourth-order valence-electron chi connectivity index (χ4n) is 2.18. The molecule has 2 N–H and O–H groups in total. The molecule has 0 heterocycles. The summed E-state index contributed by atoms with van der Waals surface area (Å²) in [6.07, 6.45) is -0.170. The summed E-state index contributed by atoms with van der Waals surface area (Å²) in [6.45, 7) is 11.6. The van der Waals surface area contributed by atoms with Crippen molar-refractivity contribution in [3.05, 3.63) is 0 Å². The topological polar surface area (TPSA) is 111 Å². The second-order valence-corrected chi connectivity index (χ2v) is 7.05. The highest BCUT2D eigenvalue weighted by Crippen LogP contribution is 2.09. The third-order valence-electron chi connectivity index (χ3n) is 3.64. The Morgan fingerprint density at radius 1 is 0.769 bits per heavy atom. The van der Waals surface area contributed by atoms with Crippen LogP contribution >= 0.6 is 0 Å². The lowest BCUT2D eigenvalue weighted by Gasteiger charge is -2.23. The van der Waals surface area contributed by atoms with Gasteiger partial charge in [0.05, 0.1) is 6.61 Å². The molecule has 8 heteroatoms. The fourth-order valence-corrected chi connectivity index (χ4v) is 2.18. The van der Waals surface area contributed by atoms with E-state index in [1.807, 2.05) is 13.8 Å². The fraction of sp³-hybridized carbons (Fsp3) is 0.778. The zero-order chi connectivity index (χ0) is 20.4. The summed E-state index contributed by atoms with van der Waals surface area (Å²) in [5, 5.41) is 5.12. The van der Waals surface area contributed by atoms with Gasteiger partial charge in [0, 0.05) is 20.3 Å². The second-order valence-electron chi connectivity index (χ2n) is 7.05. The monoisotopic (exact) mass is 372 g/mol. The Hall–Kier alpha value is -2.12. The van der Waals surface area contributed by atoms with E-state index in [0.29, 0.717) is 6.42 Å². The first-order valence-electron chi connectivity index (χ1n) is 8.87. The lowest BCUT2D eigenvalue weighted by Crippen LogP contribution is -2.45. The average molecular weight is 372 g/mol. The summed E-state index contributed by atoms with van der Waals surface area (Å²) in [7, 11) is 0. The smallest absolute Gasteiger partial charge is 0.329 e. The van der Waals surface area contributed by atoms with Gasteiger partial charge in [0.15, 0.2) is 0 Å². The van der Waals surface area contributed by atoms with Crippen LogP contribution in [0.15, 0.2) is 0 Å². The van der Waals surface area contributed by atoms with Crippen LogP contribution in [-0.2, 0) is 28.7 Å². The highest BCUT2D eigenvalue weighted by Gasteiger charge is 2.27. The third-order valence-corrected chi connectivity index (χ3v) is 3.64. The maximum atomic E-state index is 12.2. The van der Waals surface area contributed by atoms with Crippen molar-refractivity contribution in [2.24, 2.45) is 11.8 Å². The number of ether oxygens (including phenoxy) is 2. The highest BCUT2D eigenvalue weighted by molar-refractivity contribution is 5.84. The van der Waals surface area contributed by atoms with E-state index in [0.717, 1.165) is 0 Å². The van der Waals surface area contributed by atoms with Gasteiger partial charge in [0.1, 0.15) is 18.2 Å². The van der Waals surface area contributed by atoms with Crippen molar-refractivity contribution in [1.29, 1.82) is 0 Å². The SMILES string of the molecule is CC(=O)NC(C(=O)OCCC(C)OC(=O)C(NC(C)=O)C(C)C)C(C)C. The minimum atomic E-state index is -0.720. The predicted octanol–water partition coefficient (Wildman–Crippen LogP) is 1.17. The summed E-state index contributed by atoms with van der Waals surface area (Å²) in [5.41, 5.74) is 0. The van der Waals surface area contributed by atoms with Crippen molar-refractivity contribution in [2.75, 3.05) is 6.61 Å². The Kier molecular flexibility index (Phi) is 10.6. The molecule has 0 fully saturated rings. The van der Waals surface area contributed by atoms with Crippen LogP contribution in [0.2, 0.25) is 0 Å². The summed E-state index contributed by atoms with van der Waals surface area (Å²) in [4.78, 5) is 46.5. The number of carbonyl (C=O) groups excluding carboxylic acids is 4. The molecule has 0 spiro atoms. The van der Waals surface area contributed by atoms with E-state index in [4.69, 9.17) is 9.47 Å². The molecule has 0 aromatic carbocycles. The molecule has 0 aromatic heterocycles. The van der Waals surface area contributed by atoms with Gasteiger partial charge in [-0.15, -0.1) is 0 Å². The number of nitrogens with one attached hydrogen (secondary N) is 2. The maximum absolute atomic E-state index is 12.2. The van der Waals surface area contributed by atoms with Crippen molar-refractivity contribution in [2.45, 2.75) is 73.1 Å². The maximum Gasteiger partial charge on any atom is 0.329 e. The summed E-state index contributed by atoms with van der Waals surface area (Å²) in [5.74, 6) is -1.87. The number of rotatable bonds is 10. The van der Waals surface area contributed by atoms with Gasteiger partial charge in [-0.1, -0.05) is 27.7 Å². The number of esters is 2. The first kappa shape index (κ1) is 23.9. The first-order chi connectivity index (χ1) is 12.0. The Bertz CT molecular complexity index is 504. The Morgan fingerprint density at radius 3 is 1.58 bits per heavy atom. The standard InChI is InChI=1S/C18H32N2O6/c1-10(2)15(19-13(6)21)17(23)25-9-8-12(5)26-18(24)16(11(3)4)20-14(7)22/h10-12,15-16H,8-9H2,1-7H3,(H,19,21)(H,20,22). The van der Waals surface area contributed by atoms with Crippen LogP contribution in [0.25, 0.3) is 0 Å². The van der Waals surface area contributed by atoms with E-state index in [1.165, 1.54) is 13.8 Å². The molecule has 0 saturated heterocycles. The van der Waals surface area contributed by atoms with Crippen molar-refractivity contribution in [3.63, 3.8) is 0 Å². The molecule has 0 aliphatic carbocycles. The van der Waals surface area contributed by atoms with Crippen LogP contribution < -0.4 is 10.6 Å². The zero-order valence-electron chi connectivity index (χ0n) is 16.8. The van der Waals surface area contributed by atoms with E-state index >= 15 is 0 Å². The van der Waals surface area contributed by atoms with Crippen LogP contribution in [0.4, 0.5) is 0 Å². The second kappa shape index (κ2) is 11.5. The third kappa shape index (κ3) is 9.39. The van der Waals surface area contributed by atoms with Gasteiger partial charge in [-0.25, -0.2) is 9.59 Å². The van der Waals surface area contributed by atoms with Crippen molar-refractivity contribution < 1.29 is 28.7 Å². The molecule has 0 aromatic rings. The molecule has 0 radical (unpaired) electrons. The summed E-state index contributed by atoms with van der Waals surface area (Å²) in [6, 6.07) is -1.43. The van der Waals surface area contributed by atoms with Gasteiger partial charge in [-0.05, 0) is 18.8 Å². The highest BCUT2D eigenvalue weighted by atomic mass is 16.6. The summed E-state index contributed by atoms with van der Waals surface area (Å²) >= 11 is 0. The first-order valence-corrected chi connectivity index (χ1v) is 8.87. The molecule has 0 rings (SSSR count). The van der Waals surface area contributed by atoms with Crippen LogP contribution in [-0.4, -0.2) is 48.5 Å². The van der Waals surface area contributed by atoms with E-state index in [2.05, 4.69) is 10.6 Å². The molecule has 3 unspecified atom stereocenters. The number of hydrogen-bond acceptors (Lipinski definition) is 6. The van der Waals surface area contributed by atoms with Gasteiger partial charge < -0.3 is 20.1 Å². The van der Waals surface area contributed by atoms with Crippen LogP contribution in [0.3, 0.4) is 0 Å². The largest absolute Gasteiger partial charge is 0.464 e. The normalized spacial score (nSPS) is 14.3. The molecule has 150 valence electrons. The van der Waals surface area contributed by atoms with Gasteiger partial charge in [0.25, 0.3) is 0 Å². The van der Waals surface area contributed by atoms with Gasteiger partial charge in [0.2, 0.25) is 11.8 Å². The molecular weight excluding hydrogens is 340 g/mol. The van der Waals surface area contributed by atoms with Crippen LogP contribution in [0.5, 0.6) is 0 Å². The lowest BCUT2D eigenvalue weighted by atomic mass is 10.0. The zero-order valence-corrected chi connectivity index (χ0v) is 16.8. The van der Waals surface area contributed by atoms with Crippen molar-refractivity contribution in [3.8, 4) is 0 Å². The minimum Gasteiger partial charge on any atom is -0.464 e. The molecule has 2 amide bonds. The average Bonchev–Trinajstić information content (AvgIpc) is 2.48. The van der Waals surface area contributed by atoms with Crippen molar-refractivity contribution in [1.82, 2.24) is 10.6 Å². The van der Waals surface area contributed by atoms with Crippen LogP contribution in [0.1, 0.15) is 54.9 Å². The number of hydrogen-bond donors (Lipinski definition) is 2. The van der Waals surface area contributed by atoms with Gasteiger partial charge >= 0.3 is 11.9 Å².